The number of methoxy groups -OCH3 is 1. The van der Waals surface area contributed by atoms with Crippen LogP contribution in [0.15, 0.2) is 0 Å². The Hall–Kier alpha value is -1.28. The molecule has 2 amide bonds. The van der Waals surface area contributed by atoms with Crippen molar-refractivity contribution >= 4 is 6.03 Å². The summed E-state index contributed by atoms with van der Waals surface area (Å²) in [6.45, 7) is 4.43. The van der Waals surface area contributed by atoms with E-state index in [9.17, 15) is 4.79 Å². The minimum absolute atomic E-state index is 0.0302. The molecule has 0 unspecified atom stereocenters. The van der Waals surface area contributed by atoms with E-state index < -0.39 is 0 Å². The Morgan fingerprint density at radius 1 is 1.57 bits per heavy atom. The standard InChI is InChI=1S/C9H17N3O2/c1-7(4-10)5-11-9(13)12-8(2)6-14-3/h7-8H,5-6H2,1-3H3,(H2,11,12,13)/t7-,8-/m1/s1. The smallest absolute Gasteiger partial charge is 0.315 e. The van der Waals surface area contributed by atoms with Gasteiger partial charge in [0, 0.05) is 13.7 Å². The Morgan fingerprint density at radius 3 is 2.71 bits per heavy atom. The van der Waals surface area contributed by atoms with Crippen molar-refractivity contribution in [1.82, 2.24) is 10.6 Å². The quantitative estimate of drug-likeness (QED) is 0.676. The van der Waals surface area contributed by atoms with Gasteiger partial charge in [-0.1, -0.05) is 0 Å². The number of amides is 2. The van der Waals surface area contributed by atoms with Crippen LogP contribution in [0.3, 0.4) is 0 Å². The van der Waals surface area contributed by atoms with E-state index in [1.165, 1.54) is 0 Å². The van der Waals surface area contributed by atoms with Crippen molar-refractivity contribution in [2.75, 3.05) is 20.3 Å². The van der Waals surface area contributed by atoms with E-state index in [1.54, 1.807) is 14.0 Å². The molecule has 0 spiro atoms. The number of nitrogens with one attached hydrogen (secondary N) is 2. The van der Waals surface area contributed by atoms with E-state index in [2.05, 4.69) is 10.6 Å². The summed E-state index contributed by atoms with van der Waals surface area (Å²) in [5.74, 6) is -0.168. The lowest BCUT2D eigenvalue weighted by molar-refractivity contribution is 0.171. The highest BCUT2D eigenvalue weighted by Gasteiger charge is 2.07. The van der Waals surface area contributed by atoms with Crippen LogP contribution in [0.2, 0.25) is 0 Å². The fraction of sp³-hybridized carbons (Fsp3) is 0.778. The Kier molecular flexibility index (Phi) is 6.50. The van der Waals surface area contributed by atoms with Crippen molar-refractivity contribution in [2.45, 2.75) is 19.9 Å². The third-order valence-corrected chi connectivity index (χ3v) is 1.58. The van der Waals surface area contributed by atoms with Crippen molar-refractivity contribution in [3.05, 3.63) is 0 Å². The van der Waals surface area contributed by atoms with Gasteiger partial charge in [0.25, 0.3) is 0 Å². The molecule has 0 saturated carbocycles. The fourth-order valence-electron chi connectivity index (χ4n) is 0.858. The summed E-state index contributed by atoms with van der Waals surface area (Å²) in [7, 11) is 1.58. The van der Waals surface area contributed by atoms with Gasteiger partial charge in [-0.25, -0.2) is 4.79 Å². The summed E-state index contributed by atoms with van der Waals surface area (Å²) >= 11 is 0. The minimum atomic E-state index is -0.267. The Labute approximate surface area is 84.4 Å². The van der Waals surface area contributed by atoms with E-state index in [4.69, 9.17) is 10.00 Å². The normalized spacial score (nSPS) is 13.9. The molecular formula is C9H17N3O2. The molecule has 0 aromatic carbocycles. The third-order valence-electron chi connectivity index (χ3n) is 1.58. The number of ether oxygens (including phenoxy) is 1. The molecule has 0 bridgehead atoms. The summed E-state index contributed by atoms with van der Waals surface area (Å²) in [5, 5.41) is 13.7. The van der Waals surface area contributed by atoms with Gasteiger partial charge in [0.1, 0.15) is 0 Å². The monoisotopic (exact) mass is 199 g/mol. The number of rotatable bonds is 5. The highest BCUT2D eigenvalue weighted by Crippen LogP contribution is 1.88. The fourth-order valence-corrected chi connectivity index (χ4v) is 0.858. The van der Waals surface area contributed by atoms with Crippen LogP contribution in [-0.2, 0) is 4.74 Å². The van der Waals surface area contributed by atoms with Gasteiger partial charge >= 0.3 is 6.03 Å². The molecule has 0 fully saturated rings. The molecule has 0 aliphatic heterocycles. The molecule has 5 nitrogen and oxygen atoms in total. The lowest BCUT2D eigenvalue weighted by atomic mass is 10.2. The summed E-state index contributed by atoms with van der Waals surface area (Å²) in [6, 6.07) is 1.73. The van der Waals surface area contributed by atoms with Crippen LogP contribution in [0, 0.1) is 17.2 Å². The number of hydrogen-bond acceptors (Lipinski definition) is 3. The van der Waals surface area contributed by atoms with Crippen LogP contribution in [0.25, 0.3) is 0 Å². The zero-order valence-electron chi connectivity index (χ0n) is 8.83. The molecule has 0 radical (unpaired) electrons. The van der Waals surface area contributed by atoms with Crippen molar-refractivity contribution in [1.29, 1.82) is 5.26 Å². The van der Waals surface area contributed by atoms with Crippen molar-refractivity contribution in [2.24, 2.45) is 5.92 Å². The Morgan fingerprint density at radius 2 is 2.21 bits per heavy atom. The maximum absolute atomic E-state index is 11.2. The highest BCUT2D eigenvalue weighted by molar-refractivity contribution is 5.74. The van der Waals surface area contributed by atoms with Gasteiger partial charge in [-0.2, -0.15) is 5.26 Å². The molecule has 80 valence electrons. The summed E-state index contributed by atoms with van der Waals surface area (Å²) in [6.07, 6.45) is 0. The van der Waals surface area contributed by atoms with Gasteiger partial charge in [0.2, 0.25) is 0 Å². The largest absolute Gasteiger partial charge is 0.383 e. The Balaban J connectivity index is 3.61. The molecule has 5 heteroatoms. The number of urea groups is 1. The average molecular weight is 199 g/mol. The number of hydrogen-bond donors (Lipinski definition) is 2. The number of nitrogens with zero attached hydrogens (tertiary/aromatic N) is 1. The van der Waals surface area contributed by atoms with E-state index in [-0.39, 0.29) is 18.0 Å². The van der Waals surface area contributed by atoms with Gasteiger partial charge in [-0.15, -0.1) is 0 Å². The van der Waals surface area contributed by atoms with Crippen LogP contribution in [-0.4, -0.2) is 32.3 Å². The summed E-state index contributed by atoms with van der Waals surface area (Å²) in [4.78, 5) is 11.2. The first kappa shape index (κ1) is 12.7. The van der Waals surface area contributed by atoms with Crippen molar-refractivity contribution in [3.8, 4) is 6.07 Å². The minimum Gasteiger partial charge on any atom is -0.383 e. The first-order valence-electron chi connectivity index (χ1n) is 4.53. The van der Waals surface area contributed by atoms with Gasteiger partial charge < -0.3 is 15.4 Å². The third kappa shape index (κ3) is 6.26. The highest BCUT2D eigenvalue weighted by atomic mass is 16.5. The van der Waals surface area contributed by atoms with Crippen molar-refractivity contribution < 1.29 is 9.53 Å². The number of nitriles is 1. The molecule has 0 aliphatic rings. The van der Waals surface area contributed by atoms with E-state index in [1.807, 2.05) is 13.0 Å². The summed E-state index contributed by atoms with van der Waals surface area (Å²) < 4.78 is 4.86. The summed E-state index contributed by atoms with van der Waals surface area (Å²) in [5.41, 5.74) is 0. The maximum Gasteiger partial charge on any atom is 0.315 e. The predicted octanol–water partition coefficient (Wildman–Crippen LogP) is 0.480. The zero-order valence-corrected chi connectivity index (χ0v) is 8.83. The van der Waals surface area contributed by atoms with Crippen LogP contribution in [0.5, 0.6) is 0 Å². The molecule has 0 aliphatic carbocycles. The second-order valence-electron chi connectivity index (χ2n) is 3.24. The SMILES string of the molecule is COC[C@@H](C)NC(=O)NC[C@H](C)C#N. The van der Waals surface area contributed by atoms with Gasteiger partial charge in [-0.05, 0) is 13.8 Å². The van der Waals surface area contributed by atoms with E-state index in [0.717, 1.165) is 0 Å². The maximum atomic E-state index is 11.2. The van der Waals surface area contributed by atoms with Crippen LogP contribution in [0.4, 0.5) is 4.79 Å². The molecule has 0 rings (SSSR count). The second kappa shape index (κ2) is 7.15. The first-order valence-corrected chi connectivity index (χ1v) is 4.53. The van der Waals surface area contributed by atoms with Crippen LogP contribution < -0.4 is 10.6 Å². The molecule has 0 aromatic rings. The molecule has 0 saturated heterocycles. The molecular weight excluding hydrogens is 182 g/mol. The van der Waals surface area contributed by atoms with Crippen molar-refractivity contribution in [3.63, 3.8) is 0 Å². The molecule has 2 N–H and O–H groups in total. The second-order valence-corrected chi connectivity index (χ2v) is 3.24. The average Bonchev–Trinajstić information content (AvgIpc) is 2.14. The van der Waals surface area contributed by atoms with Crippen LogP contribution in [0.1, 0.15) is 13.8 Å². The van der Waals surface area contributed by atoms with Gasteiger partial charge in [0.15, 0.2) is 0 Å². The number of carbonyl (C=O) groups is 1. The van der Waals surface area contributed by atoms with E-state index in [0.29, 0.717) is 13.2 Å². The van der Waals surface area contributed by atoms with Crippen LogP contribution >= 0.6 is 0 Å². The van der Waals surface area contributed by atoms with Gasteiger partial charge in [-0.3, -0.25) is 0 Å². The van der Waals surface area contributed by atoms with Gasteiger partial charge in [0.05, 0.1) is 24.6 Å². The molecule has 0 aromatic heterocycles. The predicted molar refractivity (Wildman–Crippen MR) is 52.6 cm³/mol. The topological polar surface area (TPSA) is 74.2 Å². The Bertz CT molecular complexity index is 213. The lowest BCUT2D eigenvalue weighted by Gasteiger charge is -2.13. The zero-order chi connectivity index (χ0) is 11.0. The molecule has 0 heterocycles. The van der Waals surface area contributed by atoms with E-state index >= 15 is 0 Å². The molecule has 2 atom stereocenters. The first-order chi connectivity index (χ1) is 6.60. The number of carbonyl (C=O) groups excluding carboxylic acids is 1. The lowest BCUT2D eigenvalue weighted by Crippen LogP contribution is -2.43. The molecule has 14 heavy (non-hydrogen) atoms.